The van der Waals surface area contributed by atoms with E-state index in [0.29, 0.717) is 0 Å². The average Bonchev–Trinajstić information content (AvgIpc) is 2.54. The fourth-order valence-electron chi connectivity index (χ4n) is 1.82. The van der Waals surface area contributed by atoms with Crippen LogP contribution in [0.4, 0.5) is 15.8 Å². The van der Waals surface area contributed by atoms with Gasteiger partial charge in [-0.25, -0.2) is 9.18 Å². The fraction of sp³-hybridized carbons (Fsp3) is 0.0667. The molecule has 2 rings (SSSR count). The van der Waals surface area contributed by atoms with Gasteiger partial charge in [-0.1, -0.05) is 23.2 Å². The predicted molar refractivity (Wildman–Crippen MR) is 88.4 cm³/mol. The first-order chi connectivity index (χ1) is 11.8. The lowest BCUT2D eigenvalue weighted by molar-refractivity contribution is -0.385. The zero-order valence-electron chi connectivity index (χ0n) is 12.3. The van der Waals surface area contributed by atoms with Gasteiger partial charge in [0.05, 0.1) is 15.6 Å². The van der Waals surface area contributed by atoms with Crippen LogP contribution in [0.15, 0.2) is 36.4 Å². The molecule has 0 aliphatic carbocycles. The van der Waals surface area contributed by atoms with E-state index in [2.05, 4.69) is 5.32 Å². The number of hydrogen-bond donors (Lipinski definition) is 1. The molecule has 10 heteroatoms. The van der Waals surface area contributed by atoms with Crippen LogP contribution in [0, 0.1) is 15.9 Å². The quantitative estimate of drug-likeness (QED) is 0.478. The molecule has 0 radical (unpaired) electrons. The third kappa shape index (κ3) is 4.88. The van der Waals surface area contributed by atoms with Gasteiger partial charge in [-0.3, -0.25) is 14.9 Å². The van der Waals surface area contributed by atoms with Gasteiger partial charge in [0.1, 0.15) is 11.4 Å². The molecule has 0 saturated carbocycles. The maximum absolute atomic E-state index is 12.9. The summed E-state index contributed by atoms with van der Waals surface area (Å²) >= 11 is 11.5. The van der Waals surface area contributed by atoms with Crippen molar-refractivity contribution in [3.8, 4) is 0 Å². The van der Waals surface area contributed by atoms with Crippen molar-refractivity contribution in [1.29, 1.82) is 0 Å². The molecule has 7 nitrogen and oxygen atoms in total. The molecule has 2 aromatic rings. The van der Waals surface area contributed by atoms with Crippen molar-refractivity contribution in [3.63, 3.8) is 0 Å². The highest BCUT2D eigenvalue weighted by molar-refractivity contribution is 6.33. The second-order valence-corrected chi connectivity index (χ2v) is 5.51. The monoisotopic (exact) mass is 386 g/mol. The number of benzene rings is 2. The van der Waals surface area contributed by atoms with Crippen LogP contribution in [0.25, 0.3) is 0 Å². The van der Waals surface area contributed by atoms with Gasteiger partial charge < -0.3 is 10.1 Å². The molecule has 0 aliphatic heterocycles. The number of esters is 1. The van der Waals surface area contributed by atoms with Crippen molar-refractivity contribution in [2.24, 2.45) is 0 Å². The molecule has 130 valence electrons. The summed E-state index contributed by atoms with van der Waals surface area (Å²) in [6.45, 7) is -0.726. The topological polar surface area (TPSA) is 98.5 Å². The number of ether oxygens (including phenoxy) is 1. The van der Waals surface area contributed by atoms with E-state index in [1.165, 1.54) is 12.1 Å². The van der Waals surface area contributed by atoms with Crippen molar-refractivity contribution in [2.45, 2.75) is 0 Å². The molecule has 0 bridgehead atoms. The average molecular weight is 387 g/mol. The molecule has 0 fully saturated rings. The van der Waals surface area contributed by atoms with Crippen LogP contribution in [0.5, 0.6) is 0 Å². The highest BCUT2D eigenvalue weighted by Gasteiger charge is 2.22. The number of hydrogen-bond acceptors (Lipinski definition) is 5. The summed E-state index contributed by atoms with van der Waals surface area (Å²) < 4.78 is 17.7. The largest absolute Gasteiger partial charge is 0.452 e. The van der Waals surface area contributed by atoms with Gasteiger partial charge in [0.15, 0.2) is 6.61 Å². The highest BCUT2D eigenvalue weighted by atomic mass is 35.5. The maximum Gasteiger partial charge on any atom is 0.345 e. The molecule has 2 aromatic carbocycles. The summed E-state index contributed by atoms with van der Waals surface area (Å²) in [4.78, 5) is 33.9. The summed E-state index contributed by atoms with van der Waals surface area (Å²) in [5.41, 5.74) is -0.764. The molecular formula is C15H9Cl2FN2O5. The number of carbonyl (C=O) groups is 2. The number of amides is 1. The van der Waals surface area contributed by atoms with Gasteiger partial charge in [-0.2, -0.15) is 0 Å². The first-order valence-electron chi connectivity index (χ1n) is 6.64. The number of nitro groups is 1. The van der Waals surface area contributed by atoms with Gasteiger partial charge >= 0.3 is 5.97 Å². The van der Waals surface area contributed by atoms with Gasteiger partial charge in [0.2, 0.25) is 0 Å². The fourth-order valence-corrected chi connectivity index (χ4v) is 2.20. The third-order valence-electron chi connectivity index (χ3n) is 2.91. The van der Waals surface area contributed by atoms with E-state index in [9.17, 15) is 24.1 Å². The predicted octanol–water partition coefficient (Wildman–Crippen LogP) is 3.84. The molecule has 1 N–H and O–H groups in total. The molecule has 0 saturated heterocycles. The molecule has 0 heterocycles. The molecule has 0 unspecified atom stereocenters. The van der Waals surface area contributed by atoms with Crippen LogP contribution in [-0.2, 0) is 9.53 Å². The van der Waals surface area contributed by atoms with Gasteiger partial charge in [-0.15, -0.1) is 0 Å². The molecular weight excluding hydrogens is 378 g/mol. The Morgan fingerprint density at radius 3 is 2.56 bits per heavy atom. The Morgan fingerprint density at radius 1 is 1.20 bits per heavy atom. The molecule has 0 atom stereocenters. The van der Waals surface area contributed by atoms with Crippen LogP contribution < -0.4 is 5.32 Å². The van der Waals surface area contributed by atoms with Crippen molar-refractivity contribution in [3.05, 3.63) is 67.9 Å². The second kappa shape index (κ2) is 7.91. The molecule has 25 heavy (non-hydrogen) atoms. The molecule has 1 amide bonds. The summed E-state index contributed by atoms with van der Waals surface area (Å²) in [6.07, 6.45) is 0. The van der Waals surface area contributed by atoms with Crippen molar-refractivity contribution < 1.29 is 23.6 Å². The van der Waals surface area contributed by atoms with Crippen LogP contribution in [0.3, 0.4) is 0 Å². The number of nitrogens with zero attached hydrogens (tertiary/aromatic N) is 1. The van der Waals surface area contributed by atoms with Crippen LogP contribution in [-0.4, -0.2) is 23.4 Å². The zero-order chi connectivity index (χ0) is 18.6. The lowest BCUT2D eigenvalue weighted by Gasteiger charge is -2.08. The number of halogens is 3. The Balaban J connectivity index is 2.03. The number of nitro benzene ring substituents is 1. The molecule has 0 aromatic heterocycles. The first-order valence-corrected chi connectivity index (χ1v) is 7.39. The first kappa shape index (κ1) is 18.6. The van der Waals surface area contributed by atoms with Gasteiger partial charge in [0, 0.05) is 11.1 Å². The molecule has 0 spiro atoms. The lowest BCUT2D eigenvalue weighted by atomic mass is 10.2. The Labute approximate surface area is 150 Å². The number of carbonyl (C=O) groups excluding carboxylic acids is 2. The van der Waals surface area contributed by atoms with E-state index in [4.69, 9.17) is 27.9 Å². The van der Waals surface area contributed by atoms with Crippen molar-refractivity contribution >= 4 is 46.5 Å². The maximum atomic E-state index is 12.9. The minimum Gasteiger partial charge on any atom is -0.452 e. The lowest BCUT2D eigenvalue weighted by Crippen LogP contribution is -2.21. The van der Waals surface area contributed by atoms with Gasteiger partial charge in [0.25, 0.3) is 11.6 Å². The van der Waals surface area contributed by atoms with E-state index in [1.807, 2.05) is 0 Å². The summed E-state index contributed by atoms with van der Waals surface area (Å²) in [5.74, 6) is -2.43. The SMILES string of the molecule is O=C(COC(=O)c1cc(Cl)ccc1[N+](=O)[O-])Nc1ccc(F)cc1Cl. The number of nitrogens with one attached hydrogen (secondary N) is 1. The Kier molecular flexibility index (Phi) is 5.89. The second-order valence-electron chi connectivity index (χ2n) is 4.67. The van der Waals surface area contributed by atoms with E-state index in [0.717, 1.165) is 24.3 Å². The normalized spacial score (nSPS) is 10.2. The summed E-state index contributed by atoms with van der Waals surface area (Å²) in [6, 6.07) is 6.69. The van der Waals surface area contributed by atoms with E-state index >= 15 is 0 Å². The van der Waals surface area contributed by atoms with E-state index in [1.54, 1.807) is 0 Å². The highest BCUT2D eigenvalue weighted by Crippen LogP contribution is 2.24. The minimum absolute atomic E-state index is 0.0369. The number of rotatable bonds is 5. The van der Waals surface area contributed by atoms with E-state index in [-0.39, 0.29) is 21.3 Å². The van der Waals surface area contributed by atoms with Gasteiger partial charge in [-0.05, 0) is 30.3 Å². The smallest absolute Gasteiger partial charge is 0.345 e. The van der Waals surface area contributed by atoms with Crippen LogP contribution in [0.2, 0.25) is 10.0 Å². The Morgan fingerprint density at radius 2 is 1.92 bits per heavy atom. The van der Waals surface area contributed by atoms with Crippen LogP contribution in [0.1, 0.15) is 10.4 Å². The van der Waals surface area contributed by atoms with Crippen molar-refractivity contribution in [2.75, 3.05) is 11.9 Å². The number of anilines is 1. The molecule has 0 aliphatic rings. The Bertz CT molecular complexity index is 860. The summed E-state index contributed by atoms with van der Waals surface area (Å²) in [7, 11) is 0. The standard InChI is InChI=1S/C15H9Cl2FN2O5/c16-8-1-4-13(20(23)24)10(5-8)15(22)25-7-14(21)19-12-3-2-9(18)6-11(12)17/h1-6H,7H2,(H,19,21). The van der Waals surface area contributed by atoms with Crippen LogP contribution >= 0.6 is 23.2 Å². The summed E-state index contributed by atoms with van der Waals surface area (Å²) in [5, 5.41) is 13.3. The third-order valence-corrected chi connectivity index (χ3v) is 3.46. The zero-order valence-corrected chi connectivity index (χ0v) is 13.8. The van der Waals surface area contributed by atoms with Crippen molar-refractivity contribution in [1.82, 2.24) is 0 Å². The Hall–Kier alpha value is -2.71. The van der Waals surface area contributed by atoms with E-state index < -0.39 is 34.9 Å². The minimum atomic E-state index is -1.09.